The van der Waals surface area contributed by atoms with Crippen LogP contribution in [0, 0.1) is 28.5 Å². The fraction of sp³-hybridized carbons (Fsp3) is 0.0857. The summed E-state index contributed by atoms with van der Waals surface area (Å²) in [4.78, 5) is 2.02. The molecule has 0 spiro atoms. The van der Waals surface area contributed by atoms with Crippen LogP contribution in [0.5, 0.6) is 0 Å². The summed E-state index contributed by atoms with van der Waals surface area (Å²) >= 11 is 0. The van der Waals surface area contributed by atoms with Crippen molar-refractivity contribution in [1.82, 2.24) is 0 Å². The van der Waals surface area contributed by atoms with Gasteiger partial charge >= 0.3 is 0 Å². The summed E-state index contributed by atoms with van der Waals surface area (Å²) in [6, 6.07) is 39.8. The molecule has 4 heteroatoms. The van der Waals surface area contributed by atoms with E-state index in [0.717, 1.165) is 33.6 Å². The Morgan fingerprint density at radius 1 is 0.641 bits per heavy atom. The molecule has 0 unspecified atom stereocenters. The molecule has 0 fully saturated rings. The maximum atomic E-state index is 14.8. The van der Waals surface area contributed by atoms with Crippen LogP contribution in [0.1, 0.15) is 36.1 Å². The number of hydrogen-bond donors (Lipinski definition) is 0. The molecule has 0 radical (unpaired) electrons. The van der Waals surface area contributed by atoms with Gasteiger partial charge in [-0.1, -0.05) is 92.7 Å². The lowest BCUT2D eigenvalue weighted by Gasteiger charge is -2.29. The zero-order valence-electron chi connectivity index (χ0n) is 21.6. The number of fused-ring (bicyclic) bond motifs is 3. The highest BCUT2D eigenvalue weighted by Crippen LogP contribution is 2.54. The van der Waals surface area contributed by atoms with Gasteiger partial charge in [0.05, 0.1) is 16.8 Å². The summed E-state index contributed by atoms with van der Waals surface area (Å²) in [6.45, 7) is 4.44. The van der Waals surface area contributed by atoms with Crippen molar-refractivity contribution in [3.05, 3.63) is 137 Å². The van der Waals surface area contributed by atoms with Gasteiger partial charge in [0, 0.05) is 22.4 Å². The van der Waals surface area contributed by atoms with E-state index in [0.29, 0.717) is 5.69 Å². The fourth-order valence-corrected chi connectivity index (χ4v) is 5.68. The van der Waals surface area contributed by atoms with E-state index in [1.54, 1.807) is 0 Å². The topological polar surface area (TPSA) is 50.8 Å². The molecule has 1 aliphatic rings. The molecule has 5 aromatic carbocycles. The van der Waals surface area contributed by atoms with Crippen molar-refractivity contribution in [3.63, 3.8) is 0 Å². The van der Waals surface area contributed by atoms with Gasteiger partial charge in [-0.05, 0) is 58.1 Å². The highest BCUT2D eigenvalue weighted by atomic mass is 19.1. The molecule has 0 amide bonds. The van der Waals surface area contributed by atoms with E-state index in [1.165, 1.54) is 23.3 Å². The van der Waals surface area contributed by atoms with Crippen molar-refractivity contribution < 1.29 is 4.39 Å². The lowest BCUT2D eigenvalue weighted by molar-refractivity contribution is 0.620. The van der Waals surface area contributed by atoms with Crippen LogP contribution in [0.2, 0.25) is 0 Å². The number of nitrogens with zero attached hydrogens (tertiary/aromatic N) is 3. The minimum absolute atomic E-state index is 0.164. The van der Waals surface area contributed by atoms with Gasteiger partial charge in [0.25, 0.3) is 0 Å². The van der Waals surface area contributed by atoms with Crippen LogP contribution in [-0.2, 0) is 5.41 Å². The Morgan fingerprint density at radius 3 is 1.90 bits per heavy atom. The van der Waals surface area contributed by atoms with Crippen molar-refractivity contribution in [2.75, 3.05) is 4.90 Å². The summed E-state index contributed by atoms with van der Waals surface area (Å²) < 4.78 is 14.8. The van der Waals surface area contributed by atoms with Crippen molar-refractivity contribution in [2.24, 2.45) is 0 Å². The summed E-state index contributed by atoms with van der Waals surface area (Å²) in [6.07, 6.45) is 0. The first-order valence-corrected chi connectivity index (χ1v) is 12.8. The Bertz CT molecular complexity index is 1770. The van der Waals surface area contributed by atoms with E-state index in [9.17, 15) is 14.9 Å². The number of rotatable bonds is 4. The number of halogens is 1. The normalized spacial score (nSPS) is 12.6. The predicted molar refractivity (Wildman–Crippen MR) is 154 cm³/mol. The summed E-state index contributed by atoms with van der Waals surface area (Å²) in [5.74, 6) is -0.798. The van der Waals surface area contributed by atoms with Crippen LogP contribution in [0.15, 0.2) is 109 Å². The van der Waals surface area contributed by atoms with Crippen LogP contribution >= 0.6 is 0 Å². The molecule has 39 heavy (non-hydrogen) atoms. The van der Waals surface area contributed by atoms with Gasteiger partial charge in [0.1, 0.15) is 12.1 Å². The molecule has 0 atom stereocenters. The minimum Gasteiger partial charge on any atom is -0.310 e. The molecular weight excluding hydrogens is 481 g/mol. The highest BCUT2D eigenvalue weighted by molar-refractivity contribution is 5.95. The van der Waals surface area contributed by atoms with Gasteiger partial charge in [0.15, 0.2) is 5.82 Å². The number of hydrogen-bond acceptors (Lipinski definition) is 3. The quantitative estimate of drug-likeness (QED) is 0.245. The van der Waals surface area contributed by atoms with Gasteiger partial charge in [-0.2, -0.15) is 10.5 Å². The Hall–Kier alpha value is -5.19. The van der Waals surface area contributed by atoms with E-state index in [1.807, 2.05) is 65.6 Å². The van der Waals surface area contributed by atoms with Gasteiger partial charge in [0.2, 0.25) is 0 Å². The number of benzene rings is 5. The Kier molecular flexibility index (Phi) is 5.75. The van der Waals surface area contributed by atoms with Gasteiger partial charge in [-0.3, -0.25) is 0 Å². The second-order valence-corrected chi connectivity index (χ2v) is 10.2. The van der Waals surface area contributed by atoms with E-state index in [-0.39, 0.29) is 16.5 Å². The highest BCUT2D eigenvalue weighted by Gasteiger charge is 2.37. The van der Waals surface area contributed by atoms with Crippen LogP contribution < -0.4 is 4.90 Å². The molecule has 5 aromatic rings. The van der Waals surface area contributed by atoms with Gasteiger partial charge in [-0.25, -0.2) is 4.39 Å². The molecule has 6 rings (SSSR count). The molecule has 0 N–H and O–H groups in total. The maximum absolute atomic E-state index is 14.8. The number of anilines is 3. The van der Waals surface area contributed by atoms with Crippen molar-refractivity contribution in [3.8, 4) is 34.4 Å². The Morgan fingerprint density at radius 2 is 1.23 bits per heavy atom. The molecule has 1 aliphatic carbocycles. The largest absolute Gasteiger partial charge is 0.310 e. The van der Waals surface area contributed by atoms with Gasteiger partial charge in [-0.15, -0.1) is 0 Å². The van der Waals surface area contributed by atoms with Crippen molar-refractivity contribution >= 4 is 17.1 Å². The first-order valence-electron chi connectivity index (χ1n) is 12.8. The van der Waals surface area contributed by atoms with Crippen molar-refractivity contribution in [1.29, 1.82) is 10.5 Å². The third-order valence-electron chi connectivity index (χ3n) is 7.62. The summed E-state index contributed by atoms with van der Waals surface area (Å²) in [7, 11) is 0. The van der Waals surface area contributed by atoms with E-state index in [4.69, 9.17) is 0 Å². The second kappa shape index (κ2) is 9.28. The average Bonchev–Trinajstić information content (AvgIpc) is 3.22. The third-order valence-corrected chi connectivity index (χ3v) is 7.62. The molecule has 0 bridgehead atoms. The standard InChI is InChI=1S/C35H24FN3/c1-35(2)30-12-7-6-11-29(30)33-31(35)13-8-14-32(33)39(28-19-25(21-37)34(36)26(20-28)22-38)27-17-15-24(16-18-27)23-9-4-3-5-10-23/h3-20H,1-2H3. The van der Waals surface area contributed by atoms with Crippen LogP contribution in [0.3, 0.4) is 0 Å². The van der Waals surface area contributed by atoms with Crippen LogP contribution in [0.4, 0.5) is 21.5 Å². The minimum atomic E-state index is -0.798. The SMILES string of the molecule is CC1(C)c2ccccc2-c2c(N(c3ccc(-c4ccccc4)cc3)c3cc(C#N)c(F)c(C#N)c3)cccc21. The lowest BCUT2D eigenvalue weighted by Crippen LogP contribution is -2.16. The zero-order valence-corrected chi connectivity index (χ0v) is 21.6. The second-order valence-electron chi connectivity index (χ2n) is 10.2. The van der Waals surface area contributed by atoms with Crippen molar-refractivity contribution in [2.45, 2.75) is 19.3 Å². The Balaban J connectivity index is 1.62. The summed E-state index contributed by atoms with van der Waals surface area (Å²) in [5.41, 5.74) is 8.58. The van der Waals surface area contributed by atoms with Crippen LogP contribution in [0.25, 0.3) is 22.3 Å². The molecular formula is C35H24FN3. The summed E-state index contributed by atoms with van der Waals surface area (Å²) in [5, 5.41) is 19.4. The van der Waals surface area contributed by atoms with E-state index < -0.39 is 5.82 Å². The van der Waals surface area contributed by atoms with E-state index >= 15 is 0 Å². The van der Waals surface area contributed by atoms with Gasteiger partial charge < -0.3 is 4.90 Å². The first kappa shape index (κ1) is 24.2. The molecule has 186 valence electrons. The molecule has 0 aromatic heterocycles. The van der Waals surface area contributed by atoms with Crippen LogP contribution in [-0.4, -0.2) is 0 Å². The molecule has 0 heterocycles. The fourth-order valence-electron chi connectivity index (χ4n) is 5.68. The smallest absolute Gasteiger partial charge is 0.158 e. The molecule has 0 saturated heterocycles. The predicted octanol–water partition coefficient (Wildman–Crippen LogP) is 9.01. The molecule has 3 nitrogen and oxygen atoms in total. The lowest BCUT2D eigenvalue weighted by atomic mass is 9.82. The average molecular weight is 506 g/mol. The van der Waals surface area contributed by atoms with E-state index in [2.05, 4.69) is 62.4 Å². The number of nitriles is 2. The molecule has 0 saturated carbocycles. The zero-order chi connectivity index (χ0) is 27.1. The Labute approximate surface area is 227 Å². The molecule has 0 aliphatic heterocycles. The maximum Gasteiger partial charge on any atom is 0.158 e. The third kappa shape index (κ3) is 3.86. The monoisotopic (exact) mass is 505 g/mol. The first-order chi connectivity index (χ1) is 18.9.